The third-order valence-electron chi connectivity index (χ3n) is 2.32. The van der Waals surface area contributed by atoms with Crippen molar-refractivity contribution in [2.45, 2.75) is 12.8 Å². The molecular formula is C10H10INO. The molecule has 1 aromatic rings. The van der Waals surface area contributed by atoms with Gasteiger partial charge in [0, 0.05) is 34.8 Å². The monoisotopic (exact) mass is 287 g/mol. The number of para-hydroxylation sites is 1. The summed E-state index contributed by atoms with van der Waals surface area (Å²) < 4.78 is 0.116. The second kappa shape index (κ2) is 3.65. The Kier molecular flexibility index (Phi) is 2.53. The first-order valence-electron chi connectivity index (χ1n) is 4.34. The van der Waals surface area contributed by atoms with Gasteiger partial charge in [-0.2, -0.15) is 0 Å². The fourth-order valence-electron chi connectivity index (χ4n) is 1.72. The molecule has 13 heavy (non-hydrogen) atoms. The summed E-state index contributed by atoms with van der Waals surface area (Å²) in [4.78, 5) is 13.1. The Morgan fingerprint density at radius 3 is 2.92 bits per heavy atom. The van der Waals surface area contributed by atoms with Crippen LogP contribution < -0.4 is 4.90 Å². The number of aryl methyl sites for hydroxylation is 1. The third kappa shape index (κ3) is 1.70. The molecule has 0 aromatic heterocycles. The highest BCUT2D eigenvalue weighted by atomic mass is 127. The van der Waals surface area contributed by atoms with Crippen molar-refractivity contribution >= 4 is 32.2 Å². The van der Waals surface area contributed by atoms with Gasteiger partial charge in [-0.3, -0.25) is 4.79 Å². The van der Waals surface area contributed by atoms with Crippen LogP contribution >= 0.6 is 22.6 Å². The minimum atomic E-state index is 0.116. The number of anilines is 1. The third-order valence-corrected chi connectivity index (χ3v) is 2.90. The van der Waals surface area contributed by atoms with Crippen LogP contribution in [0.25, 0.3) is 0 Å². The van der Waals surface area contributed by atoms with E-state index in [-0.39, 0.29) is 3.91 Å². The van der Waals surface area contributed by atoms with E-state index < -0.39 is 0 Å². The molecule has 0 saturated heterocycles. The number of carbonyl (C=O) groups excluding carboxylic acids is 1. The molecule has 1 aromatic carbocycles. The van der Waals surface area contributed by atoms with Crippen molar-refractivity contribution in [3.8, 4) is 0 Å². The molecule has 0 radical (unpaired) electrons. The molecule has 0 fully saturated rings. The van der Waals surface area contributed by atoms with E-state index in [0.717, 1.165) is 25.1 Å². The highest BCUT2D eigenvalue weighted by Gasteiger charge is 2.19. The molecule has 0 N–H and O–H groups in total. The summed E-state index contributed by atoms with van der Waals surface area (Å²) in [6, 6.07) is 8.13. The molecule has 1 heterocycles. The van der Waals surface area contributed by atoms with Crippen LogP contribution in [0.4, 0.5) is 10.5 Å². The van der Waals surface area contributed by atoms with Gasteiger partial charge in [0.15, 0.2) is 0 Å². The highest BCUT2D eigenvalue weighted by Crippen LogP contribution is 2.27. The van der Waals surface area contributed by atoms with Crippen LogP contribution in [0.15, 0.2) is 24.3 Å². The van der Waals surface area contributed by atoms with Gasteiger partial charge >= 0.3 is 0 Å². The molecule has 3 heteroatoms. The Morgan fingerprint density at radius 1 is 1.38 bits per heavy atom. The summed E-state index contributed by atoms with van der Waals surface area (Å²) in [5, 5.41) is 0. The quantitative estimate of drug-likeness (QED) is 0.408. The summed E-state index contributed by atoms with van der Waals surface area (Å²) >= 11 is 1.85. The number of carbonyl (C=O) groups is 1. The number of hydrogen-bond acceptors (Lipinski definition) is 1. The van der Waals surface area contributed by atoms with Gasteiger partial charge in [0.25, 0.3) is 3.91 Å². The SMILES string of the molecule is O=C(I)N1CCCc2ccccc21. The maximum Gasteiger partial charge on any atom is 0.287 e. The van der Waals surface area contributed by atoms with E-state index in [9.17, 15) is 4.79 Å². The molecule has 2 rings (SSSR count). The van der Waals surface area contributed by atoms with E-state index in [4.69, 9.17) is 0 Å². The lowest BCUT2D eigenvalue weighted by Gasteiger charge is -2.27. The lowest BCUT2D eigenvalue weighted by molar-refractivity contribution is 0.267. The number of benzene rings is 1. The predicted octanol–water partition coefficient (Wildman–Crippen LogP) is 2.99. The van der Waals surface area contributed by atoms with Crippen molar-refractivity contribution in [3.63, 3.8) is 0 Å². The van der Waals surface area contributed by atoms with Crippen LogP contribution in [0.5, 0.6) is 0 Å². The number of nitrogens with zero attached hydrogens (tertiary/aromatic N) is 1. The van der Waals surface area contributed by atoms with Crippen molar-refractivity contribution in [1.29, 1.82) is 0 Å². The molecule has 0 bridgehead atoms. The zero-order chi connectivity index (χ0) is 9.26. The minimum absolute atomic E-state index is 0.116. The van der Waals surface area contributed by atoms with Crippen LogP contribution in [0, 0.1) is 0 Å². The first-order valence-corrected chi connectivity index (χ1v) is 5.42. The summed E-state index contributed by atoms with van der Waals surface area (Å²) in [5.41, 5.74) is 2.38. The summed E-state index contributed by atoms with van der Waals surface area (Å²) in [6.45, 7) is 0.860. The fourth-order valence-corrected chi connectivity index (χ4v) is 2.22. The van der Waals surface area contributed by atoms with Gasteiger partial charge in [0.1, 0.15) is 0 Å². The minimum Gasteiger partial charge on any atom is -0.304 e. The van der Waals surface area contributed by atoms with Gasteiger partial charge in [0.2, 0.25) is 0 Å². The second-order valence-corrected chi connectivity index (χ2v) is 4.06. The van der Waals surface area contributed by atoms with Gasteiger partial charge in [-0.25, -0.2) is 0 Å². The normalized spacial score (nSPS) is 15.3. The van der Waals surface area contributed by atoms with Gasteiger partial charge in [-0.1, -0.05) is 18.2 Å². The second-order valence-electron chi connectivity index (χ2n) is 3.14. The highest BCUT2D eigenvalue weighted by molar-refractivity contribution is 14.1. The lowest BCUT2D eigenvalue weighted by Crippen LogP contribution is -2.30. The van der Waals surface area contributed by atoms with Crippen molar-refractivity contribution < 1.29 is 4.79 Å². The van der Waals surface area contributed by atoms with E-state index in [1.54, 1.807) is 0 Å². The molecule has 0 spiro atoms. The van der Waals surface area contributed by atoms with Gasteiger partial charge in [-0.05, 0) is 24.5 Å². The van der Waals surface area contributed by atoms with Crippen LogP contribution in [0.1, 0.15) is 12.0 Å². The Bertz CT molecular complexity index is 337. The molecule has 0 atom stereocenters. The number of halogens is 1. The summed E-state index contributed by atoms with van der Waals surface area (Å²) in [7, 11) is 0. The van der Waals surface area contributed by atoms with E-state index in [2.05, 4.69) is 6.07 Å². The van der Waals surface area contributed by atoms with Crippen molar-refractivity contribution in [3.05, 3.63) is 29.8 Å². The molecule has 2 nitrogen and oxygen atoms in total. The molecule has 1 aliphatic rings. The van der Waals surface area contributed by atoms with Crippen molar-refractivity contribution in [2.24, 2.45) is 0 Å². The molecule has 0 aliphatic carbocycles. The predicted molar refractivity (Wildman–Crippen MR) is 61.5 cm³/mol. The summed E-state index contributed by atoms with van der Waals surface area (Å²) in [6.07, 6.45) is 2.17. The molecule has 0 unspecified atom stereocenters. The first kappa shape index (κ1) is 8.99. The van der Waals surface area contributed by atoms with E-state index in [1.807, 2.05) is 45.7 Å². The fraction of sp³-hybridized carbons (Fsp3) is 0.300. The number of hydrogen-bond donors (Lipinski definition) is 0. The smallest absolute Gasteiger partial charge is 0.287 e. The molecule has 0 saturated carbocycles. The Hall–Kier alpha value is -0.580. The number of rotatable bonds is 0. The van der Waals surface area contributed by atoms with Crippen molar-refractivity contribution in [2.75, 3.05) is 11.4 Å². The average molecular weight is 287 g/mol. The average Bonchev–Trinajstić information content (AvgIpc) is 2.17. The van der Waals surface area contributed by atoms with Crippen LogP contribution in [0.3, 0.4) is 0 Å². The van der Waals surface area contributed by atoms with Crippen molar-refractivity contribution in [1.82, 2.24) is 0 Å². The zero-order valence-electron chi connectivity index (χ0n) is 7.16. The topological polar surface area (TPSA) is 20.3 Å². The Labute approximate surface area is 91.1 Å². The van der Waals surface area contributed by atoms with E-state index in [1.165, 1.54) is 5.56 Å². The van der Waals surface area contributed by atoms with Gasteiger partial charge < -0.3 is 4.90 Å². The van der Waals surface area contributed by atoms with Crippen LogP contribution in [-0.2, 0) is 6.42 Å². The molecule has 1 amide bonds. The molecule has 68 valence electrons. The van der Waals surface area contributed by atoms with Crippen LogP contribution in [0.2, 0.25) is 0 Å². The first-order chi connectivity index (χ1) is 6.29. The van der Waals surface area contributed by atoms with Crippen LogP contribution in [-0.4, -0.2) is 10.5 Å². The standard InChI is InChI=1S/C10H10INO/c11-10(13)12-7-3-5-8-4-1-2-6-9(8)12/h1-2,4,6H,3,5,7H2. The lowest BCUT2D eigenvalue weighted by atomic mass is 10.0. The van der Waals surface area contributed by atoms with E-state index in [0.29, 0.717) is 0 Å². The molecule has 1 aliphatic heterocycles. The summed E-state index contributed by atoms with van der Waals surface area (Å²) in [5.74, 6) is 0. The number of fused-ring (bicyclic) bond motifs is 1. The Balaban J connectivity index is 2.42. The molecular weight excluding hydrogens is 277 g/mol. The largest absolute Gasteiger partial charge is 0.304 e. The van der Waals surface area contributed by atoms with Gasteiger partial charge in [0.05, 0.1) is 0 Å². The number of amides is 1. The zero-order valence-corrected chi connectivity index (χ0v) is 9.32. The van der Waals surface area contributed by atoms with E-state index >= 15 is 0 Å². The maximum absolute atomic E-state index is 11.3. The van der Waals surface area contributed by atoms with Gasteiger partial charge in [-0.15, -0.1) is 0 Å². The Morgan fingerprint density at radius 2 is 2.15 bits per heavy atom. The maximum atomic E-state index is 11.3.